The Balaban J connectivity index is 0.000000309. The predicted octanol–water partition coefficient (Wildman–Crippen LogP) is 10.5. The number of hydrogen-bond donors (Lipinski definition) is 6. The van der Waals surface area contributed by atoms with Crippen LogP contribution in [-0.4, -0.2) is 58.0 Å². The third-order valence-corrected chi connectivity index (χ3v) is 9.69. The van der Waals surface area contributed by atoms with E-state index >= 15 is 0 Å². The predicted molar refractivity (Wildman–Crippen MR) is 240 cm³/mol. The van der Waals surface area contributed by atoms with Gasteiger partial charge in [-0.1, -0.05) is 149 Å². The fourth-order valence-electron chi connectivity index (χ4n) is 6.07. The average molecular weight is 880 g/mol. The SMILES string of the molecule is CCCCCCCCCCCCNCCO.O=C1C=Cc2ccccc2/C1=N/Nc1cc(Cl)ccc1O.O=C1C=Cc2ccccc2/C1=N/Nc1cc(Cl)ccc1O.[Cr].[H+]. The van der Waals surface area contributed by atoms with Gasteiger partial charge in [-0.3, -0.25) is 20.4 Å². The molecular formula is C46H54Cl2CrN5O5+. The summed E-state index contributed by atoms with van der Waals surface area (Å²) in [5.41, 5.74) is 10.0. The van der Waals surface area contributed by atoms with Crippen LogP contribution in [0.1, 0.15) is 94.8 Å². The fraction of sp³-hybridized carbons (Fsp3) is 0.304. The summed E-state index contributed by atoms with van der Waals surface area (Å²) in [7, 11) is 0. The molecule has 0 unspecified atom stereocenters. The van der Waals surface area contributed by atoms with Gasteiger partial charge in [0.05, 0.1) is 18.0 Å². The molecule has 2 aliphatic rings. The van der Waals surface area contributed by atoms with Crippen molar-refractivity contribution in [3.05, 3.63) is 129 Å². The Kier molecular flexibility index (Phi) is 22.4. The Hall–Kier alpha value is -4.73. The number of aliphatic hydroxyl groups excluding tert-OH is 1. The first-order valence-electron chi connectivity index (χ1n) is 19.8. The summed E-state index contributed by atoms with van der Waals surface area (Å²) in [5.74, 6) is -0.364. The van der Waals surface area contributed by atoms with E-state index in [1.165, 1.54) is 101 Å². The van der Waals surface area contributed by atoms with Gasteiger partial charge in [-0.15, -0.1) is 0 Å². The van der Waals surface area contributed by atoms with Crippen molar-refractivity contribution in [2.24, 2.45) is 10.2 Å². The van der Waals surface area contributed by atoms with Crippen molar-refractivity contribution in [3.63, 3.8) is 0 Å². The Bertz CT molecular complexity index is 1950. The molecule has 2 aliphatic carbocycles. The number of halogens is 2. The number of carbonyl (C=O) groups is 2. The van der Waals surface area contributed by atoms with E-state index in [-0.39, 0.29) is 48.5 Å². The molecule has 0 radical (unpaired) electrons. The number of hydrazone groups is 2. The van der Waals surface area contributed by atoms with E-state index in [0.29, 0.717) is 32.8 Å². The number of fused-ring (bicyclic) bond motifs is 2. The third-order valence-electron chi connectivity index (χ3n) is 9.22. The van der Waals surface area contributed by atoms with Crippen LogP contribution in [0.4, 0.5) is 11.4 Å². The maximum atomic E-state index is 12.0. The minimum Gasteiger partial charge on any atom is -0.506 e. The molecule has 10 nitrogen and oxygen atoms in total. The van der Waals surface area contributed by atoms with Gasteiger partial charge >= 0.3 is 1.43 Å². The summed E-state index contributed by atoms with van der Waals surface area (Å²) in [6.45, 7) is 4.34. The summed E-state index contributed by atoms with van der Waals surface area (Å²) < 4.78 is 0. The summed E-state index contributed by atoms with van der Waals surface area (Å²) >= 11 is 11.7. The first-order chi connectivity index (χ1) is 28.2. The number of aliphatic hydroxyl groups is 1. The van der Waals surface area contributed by atoms with Crippen LogP contribution < -0.4 is 16.2 Å². The number of phenolic OH excluding ortho intramolecular Hbond substituents is 2. The quantitative estimate of drug-likeness (QED) is 0.0348. The van der Waals surface area contributed by atoms with E-state index < -0.39 is 0 Å². The maximum absolute atomic E-state index is 12.0. The van der Waals surface area contributed by atoms with Crippen molar-refractivity contribution in [2.75, 3.05) is 30.5 Å². The Morgan fingerprint density at radius 3 is 1.44 bits per heavy atom. The zero-order chi connectivity index (χ0) is 41.5. The number of hydrogen-bond acceptors (Lipinski definition) is 10. The van der Waals surface area contributed by atoms with Gasteiger partial charge in [-0.2, -0.15) is 10.2 Å². The van der Waals surface area contributed by atoms with Gasteiger partial charge in [-0.25, -0.2) is 0 Å². The van der Waals surface area contributed by atoms with Crippen LogP contribution in [-0.2, 0) is 27.0 Å². The topological polar surface area (TPSA) is 156 Å². The molecule has 312 valence electrons. The summed E-state index contributed by atoms with van der Waals surface area (Å²) in [4.78, 5) is 24.0. The second-order valence-electron chi connectivity index (χ2n) is 13.7. The van der Waals surface area contributed by atoms with Crippen molar-refractivity contribution < 1.29 is 43.7 Å². The van der Waals surface area contributed by atoms with Crippen molar-refractivity contribution in [2.45, 2.75) is 71.1 Å². The van der Waals surface area contributed by atoms with E-state index in [1.807, 2.05) is 48.5 Å². The first-order valence-corrected chi connectivity index (χ1v) is 20.6. The van der Waals surface area contributed by atoms with Crippen molar-refractivity contribution >= 4 is 69.7 Å². The summed E-state index contributed by atoms with van der Waals surface area (Å²) in [6, 6.07) is 24.1. The number of rotatable bonds is 17. The van der Waals surface area contributed by atoms with E-state index in [2.05, 4.69) is 33.3 Å². The zero-order valence-electron chi connectivity index (χ0n) is 34.3. The van der Waals surface area contributed by atoms with Crippen molar-refractivity contribution in [1.82, 2.24) is 5.32 Å². The van der Waals surface area contributed by atoms with Crippen LogP contribution in [0.15, 0.2) is 107 Å². The maximum Gasteiger partial charge on any atom is 1.00 e. The molecule has 0 spiro atoms. The van der Waals surface area contributed by atoms with Crippen LogP contribution in [0, 0.1) is 0 Å². The van der Waals surface area contributed by atoms with Crippen LogP contribution in [0.3, 0.4) is 0 Å². The van der Waals surface area contributed by atoms with E-state index in [1.54, 1.807) is 24.3 Å². The van der Waals surface area contributed by atoms with Crippen LogP contribution in [0.5, 0.6) is 11.5 Å². The molecule has 59 heavy (non-hydrogen) atoms. The normalized spacial score (nSPS) is 13.7. The largest absolute Gasteiger partial charge is 1.00 e. The van der Waals surface area contributed by atoms with E-state index in [0.717, 1.165) is 35.3 Å². The second kappa shape index (κ2) is 27.1. The molecule has 0 aromatic heterocycles. The Morgan fingerprint density at radius 2 is 1.00 bits per heavy atom. The van der Waals surface area contributed by atoms with Gasteiger partial charge in [0.25, 0.3) is 0 Å². The van der Waals surface area contributed by atoms with Crippen LogP contribution in [0.25, 0.3) is 12.2 Å². The summed E-state index contributed by atoms with van der Waals surface area (Å²) in [5, 5.41) is 40.4. The number of allylic oxidation sites excluding steroid dienone is 2. The number of anilines is 2. The van der Waals surface area contributed by atoms with Crippen molar-refractivity contribution in [3.8, 4) is 11.5 Å². The number of unbranched alkanes of at least 4 members (excludes halogenated alkanes) is 9. The summed E-state index contributed by atoms with van der Waals surface area (Å²) in [6.07, 6.45) is 20.3. The average Bonchev–Trinajstić information content (AvgIpc) is 3.23. The van der Waals surface area contributed by atoms with Gasteiger partial charge < -0.3 is 20.6 Å². The molecule has 13 heteroatoms. The molecule has 0 amide bonds. The van der Waals surface area contributed by atoms with Gasteiger partial charge in [0, 0.05) is 45.1 Å². The smallest absolute Gasteiger partial charge is 0.506 e. The Morgan fingerprint density at radius 1 is 0.576 bits per heavy atom. The number of aromatic hydroxyl groups is 2. The number of ketones is 2. The molecule has 6 N–H and O–H groups in total. The second-order valence-corrected chi connectivity index (χ2v) is 14.6. The van der Waals surface area contributed by atoms with Gasteiger partial charge in [-0.05, 0) is 72.6 Å². The minimum atomic E-state index is -0.192. The monoisotopic (exact) mass is 878 g/mol. The van der Waals surface area contributed by atoms with Crippen LogP contribution >= 0.6 is 23.2 Å². The molecule has 4 aromatic carbocycles. The zero-order valence-corrected chi connectivity index (χ0v) is 36.1. The minimum absolute atomic E-state index is 0. The van der Waals surface area contributed by atoms with Gasteiger partial charge in [0.1, 0.15) is 22.9 Å². The molecule has 0 aliphatic heterocycles. The first kappa shape index (κ1) is 48.6. The molecule has 0 saturated heterocycles. The molecule has 4 aromatic rings. The Labute approximate surface area is 369 Å². The third kappa shape index (κ3) is 16.4. The number of nitrogens with one attached hydrogen (secondary N) is 3. The number of nitrogens with zero attached hydrogens (tertiary/aromatic N) is 2. The molecule has 0 bridgehead atoms. The molecule has 0 heterocycles. The number of benzene rings is 4. The standard InChI is InChI=1S/2C16H11ClN2O2.C14H31NO.Cr/c2*17-11-6-8-14(20)13(9-11)18-19-16-12-4-2-1-3-10(12)5-7-15(16)21;1-2-3-4-5-6-7-8-9-10-11-12-15-13-14-16;/h2*1-9,18,20H;15-16H,2-14H2,1H3;/p+1/b2*19-16-;;. The molecule has 0 fully saturated rings. The number of phenols is 2. The molecule has 6 rings (SSSR count). The molecule has 0 atom stereocenters. The van der Waals surface area contributed by atoms with E-state index in [9.17, 15) is 19.8 Å². The molecule has 0 saturated carbocycles. The van der Waals surface area contributed by atoms with Crippen LogP contribution in [0.2, 0.25) is 10.0 Å². The fourth-order valence-corrected chi connectivity index (χ4v) is 6.41. The van der Waals surface area contributed by atoms with E-state index in [4.69, 9.17) is 28.3 Å². The number of carbonyl (C=O) groups excluding carboxylic acids is 2. The molecular weight excluding hydrogens is 825 g/mol. The van der Waals surface area contributed by atoms with Gasteiger partial charge in [0.2, 0.25) is 11.6 Å². The van der Waals surface area contributed by atoms with Crippen molar-refractivity contribution in [1.29, 1.82) is 0 Å². The van der Waals surface area contributed by atoms with Gasteiger partial charge in [0.15, 0.2) is 0 Å².